The highest BCUT2D eigenvalue weighted by molar-refractivity contribution is 5.79. The van der Waals surface area contributed by atoms with E-state index < -0.39 is 5.76 Å². The fourth-order valence-electron chi connectivity index (χ4n) is 3.35. The number of rotatable bonds is 3. The van der Waals surface area contributed by atoms with E-state index >= 15 is 0 Å². The molecule has 1 aliphatic rings. The van der Waals surface area contributed by atoms with Crippen molar-refractivity contribution in [1.29, 1.82) is 0 Å². The summed E-state index contributed by atoms with van der Waals surface area (Å²) in [6.07, 6.45) is 3.70. The standard InChI is InChI=1S/C17H18N4O3/c22-16(11-21-14-5-1-2-6-15(14)24-17(21)23)20-9-3-4-12(10-20)13-7-8-18-19-13/h1-2,5-8,12H,3-4,9-11H2,(H,18,19)/t12-/m1/s1. The van der Waals surface area contributed by atoms with Gasteiger partial charge < -0.3 is 9.32 Å². The lowest BCUT2D eigenvalue weighted by molar-refractivity contribution is -0.133. The molecule has 0 unspecified atom stereocenters. The van der Waals surface area contributed by atoms with Crippen LogP contribution in [0.4, 0.5) is 0 Å². The SMILES string of the molecule is O=C(Cn1c(=O)oc2ccccc21)N1CCC[C@@H](c2ccn[nH]2)C1. The predicted molar refractivity (Wildman–Crippen MR) is 87.6 cm³/mol. The first-order valence-electron chi connectivity index (χ1n) is 8.08. The Morgan fingerprint density at radius 2 is 2.21 bits per heavy atom. The van der Waals surface area contributed by atoms with Gasteiger partial charge in [0.1, 0.15) is 6.54 Å². The molecule has 3 aromatic rings. The van der Waals surface area contributed by atoms with Crippen molar-refractivity contribution in [3.8, 4) is 0 Å². The number of aromatic nitrogens is 3. The molecule has 0 radical (unpaired) electrons. The molecule has 7 nitrogen and oxygen atoms in total. The van der Waals surface area contributed by atoms with E-state index in [2.05, 4.69) is 10.2 Å². The van der Waals surface area contributed by atoms with Crippen molar-refractivity contribution in [1.82, 2.24) is 19.7 Å². The number of likely N-dealkylation sites (tertiary alicyclic amines) is 1. The highest BCUT2D eigenvalue weighted by Gasteiger charge is 2.26. The average molecular weight is 326 g/mol. The number of para-hydroxylation sites is 2. The maximum atomic E-state index is 12.7. The van der Waals surface area contributed by atoms with E-state index in [1.54, 1.807) is 24.4 Å². The highest BCUT2D eigenvalue weighted by Crippen LogP contribution is 2.25. The molecule has 124 valence electrons. The fourth-order valence-corrected chi connectivity index (χ4v) is 3.35. The summed E-state index contributed by atoms with van der Waals surface area (Å²) in [6, 6.07) is 9.10. The van der Waals surface area contributed by atoms with Crippen LogP contribution >= 0.6 is 0 Å². The Hall–Kier alpha value is -2.83. The molecule has 0 saturated carbocycles. The van der Waals surface area contributed by atoms with Crippen LogP contribution < -0.4 is 5.76 Å². The van der Waals surface area contributed by atoms with Gasteiger partial charge in [-0.05, 0) is 31.0 Å². The zero-order valence-corrected chi connectivity index (χ0v) is 13.1. The molecule has 2 aromatic heterocycles. The second kappa shape index (κ2) is 5.99. The summed E-state index contributed by atoms with van der Waals surface area (Å²) in [7, 11) is 0. The molecular weight excluding hydrogens is 308 g/mol. The molecular formula is C17H18N4O3. The van der Waals surface area contributed by atoms with Crippen LogP contribution in [0.15, 0.2) is 45.7 Å². The molecule has 0 spiro atoms. The van der Waals surface area contributed by atoms with Gasteiger partial charge >= 0.3 is 5.76 Å². The van der Waals surface area contributed by atoms with E-state index in [1.165, 1.54) is 4.57 Å². The van der Waals surface area contributed by atoms with Crippen LogP contribution in [0.3, 0.4) is 0 Å². The van der Waals surface area contributed by atoms with Gasteiger partial charge in [-0.3, -0.25) is 14.5 Å². The number of amides is 1. The Balaban J connectivity index is 1.53. The normalized spacial score (nSPS) is 18.2. The molecule has 24 heavy (non-hydrogen) atoms. The minimum absolute atomic E-state index is 0.00550. The van der Waals surface area contributed by atoms with Crippen LogP contribution in [0.5, 0.6) is 0 Å². The summed E-state index contributed by atoms with van der Waals surface area (Å²) < 4.78 is 6.59. The number of piperidine rings is 1. The fraction of sp³-hybridized carbons (Fsp3) is 0.353. The minimum atomic E-state index is -0.494. The lowest BCUT2D eigenvalue weighted by Crippen LogP contribution is -2.41. The zero-order chi connectivity index (χ0) is 16.5. The van der Waals surface area contributed by atoms with E-state index in [4.69, 9.17) is 4.42 Å². The van der Waals surface area contributed by atoms with Crippen molar-refractivity contribution in [2.75, 3.05) is 13.1 Å². The summed E-state index contributed by atoms with van der Waals surface area (Å²) in [6.45, 7) is 1.37. The maximum Gasteiger partial charge on any atom is 0.420 e. The maximum absolute atomic E-state index is 12.7. The molecule has 1 amide bonds. The molecule has 7 heteroatoms. The largest absolute Gasteiger partial charge is 0.420 e. The summed E-state index contributed by atoms with van der Waals surface area (Å²) in [5.74, 6) is -0.289. The number of fused-ring (bicyclic) bond motifs is 1. The van der Waals surface area contributed by atoms with E-state index in [9.17, 15) is 9.59 Å². The molecule has 0 bridgehead atoms. The molecule has 1 aliphatic heterocycles. The van der Waals surface area contributed by atoms with Gasteiger partial charge in [-0.2, -0.15) is 5.10 Å². The van der Waals surface area contributed by atoms with Crippen molar-refractivity contribution >= 4 is 17.0 Å². The number of carbonyl (C=O) groups excluding carboxylic acids is 1. The van der Waals surface area contributed by atoms with Crippen molar-refractivity contribution in [3.05, 3.63) is 52.8 Å². The lowest BCUT2D eigenvalue weighted by atomic mass is 9.95. The molecule has 1 atom stereocenters. The smallest absolute Gasteiger partial charge is 0.408 e. The third-order valence-corrected chi connectivity index (χ3v) is 4.60. The van der Waals surface area contributed by atoms with Gasteiger partial charge in [0.2, 0.25) is 5.91 Å². The van der Waals surface area contributed by atoms with Gasteiger partial charge in [0.25, 0.3) is 0 Å². The second-order valence-corrected chi connectivity index (χ2v) is 6.11. The third kappa shape index (κ3) is 2.62. The van der Waals surface area contributed by atoms with Crippen LogP contribution in [-0.4, -0.2) is 38.7 Å². The van der Waals surface area contributed by atoms with Crippen molar-refractivity contribution in [2.45, 2.75) is 25.3 Å². The number of hydrogen-bond acceptors (Lipinski definition) is 4. The van der Waals surface area contributed by atoms with Gasteiger partial charge in [-0.15, -0.1) is 0 Å². The van der Waals surface area contributed by atoms with Gasteiger partial charge in [0, 0.05) is 30.9 Å². The third-order valence-electron chi connectivity index (χ3n) is 4.60. The first-order valence-corrected chi connectivity index (χ1v) is 8.08. The van der Waals surface area contributed by atoms with Gasteiger partial charge in [0.05, 0.1) is 5.52 Å². The summed E-state index contributed by atoms with van der Waals surface area (Å²) in [4.78, 5) is 26.5. The van der Waals surface area contributed by atoms with E-state index in [1.807, 2.05) is 17.0 Å². The first kappa shape index (κ1) is 14.7. The summed E-state index contributed by atoms with van der Waals surface area (Å²) in [5, 5.41) is 6.97. The van der Waals surface area contributed by atoms with E-state index in [0.29, 0.717) is 24.2 Å². The Kier molecular flexibility index (Phi) is 3.68. The number of nitrogens with one attached hydrogen (secondary N) is 1. The van der Waals surface area contributed by atoms with Crippen LogP contribution in [0.1, 0.15) is 24.5 Å². The molecule has 1 saturated heterocycles. The number of H-pyrrole nitrogens is 1. The molecule has 1 aromatic carbocycles. The monoisotopic (exact) mass is 326 g/mol. The van der Waals surface area contributed by atoms with Gasteiger partial charge in [-0.1, -0.05) is 12.1 Å². The van der Waals surface area contributed by atoms with Gasteiger partial charge in [-0.25, -0.2) is 4.79 Å². The van der Waals surface area contributed by atoms with Crippen molar-refractivity contribution < 1.29 is 9.21 Å². The van der Waals surface area contributed by atoms with Crippen LogP contribution in [-0.2, 0) is 11.3 Å². The lowest BCUT2D eigenvalue weighted by Gasteiger charge is -2.32. The molecule has 4 rings (SSSR count). The van der Waals surface area contributed by atoms with Gasteiger partial charge in [0.15, 0.2) is 5.58 Å². The molecule has 3 heterocycles. The van der Waals surface area contributed by atoms with Crippen LogP contribution in [0.2, 0.25) is 0 Å². The van der Waals surface area contributed by atoms with E-state index in [0.717, 1.165) is 18.5 Å². The Labute approximate surface area is 137 Å². The first-order chi connectivity index (χ1) is 11.7. The summed E-state index contributed by atoms with van der Waals surface area (Å²) in [5.41, 5.74) is 2.21. The number of benzene rings is 1. The number of carbonyl (C=O) groups is 1. The Morgan fingerprint density at radius 3 is 3.04 bits per heavy atom. The highest BCUT2D eigenvalue weighted by atomic mass is 16.4. The molecule has 0 aliphatic carbocycles. The number of nitrogens with zero attached hydrogens (tertiary/aromatic N) is 3. The number of aromatic amines is 1. The summed E-state index contributed by atoms with van der Waals surface area (Å²) >= 11 is 0. The second-order valence-electron chi connectivity index (χ2n) is 6.11. The Morgan fingerprint density at radius 1 is 1.33 bits per heavy atom. The van der Waals surface area contributed by atoms with Crippen LogP contribution in [0.25, 0.3) is 11.1 Å². The van der Waals surface area contributed by atoms with Crippen LogP contribution in [0, 0.1) is 0 Å². The molecule has 1 N–H and O–H groups in total. The predicted octanol–water partition coefficient (Wildman–Crippen LogP) is 1.72. The quantitative estimate of drug-likeness (QED) is 0.794. The minimum Gasteiger partial charge on any atom is -0.408 e. The number of hydrogen-bond donors (Lipinski definition) is 1. The zero-order valence-electron chi connectivity index (χ0n) is 13.1. The van der Waals surface area contributed by atoms with E-state index in [-0.39, 0.29) is 18.4 Å². The average Bonchev–Trinajstić information content (AvgIpc) is 3.24. The van der Waals surface area contributed by atoms with Crippen molar-refractivity contribution in [3.63, 3.8) is 0 Å². The number of oxazole rings is 1. The topological polar surface area (TPSA) is 84.1 Å². The Bertz CT molecular complexity index is 909. The molecule has 1 fully saturated rings. The van der Waals surface area contributed by atoms with Crippen molar-refractivity contribution in [2.24, 2.45) is 0 Å².